The normalized spacial score (nSPS) is 24.7. The van der Waals surface area contributed by atoms with Crippen LogP contribution in [0, 0.1) is 12.8 Å². The summed E-state index contributed by atoms with van der Waals surface area (Å²) >= 11 is 0. The van der Waals surface area contributed by atoms with E-state index in [4.69, 9.17) is 23.7 Å². The van der Waals surface area contributed by atoms with Crippen molar-refractivity contribution in [2.75, 3.05) is 7.11 Å². The zero-order valence-corrected chi connectivity index (χ0v) is 19.3. The van der Waals surface area contributed by atoms with Gasteiger partial charge < -0.3 is 23.7 Å². The number of aromatic nitrogens is 1. The second-order valence-corrected chi connectivity index (χ2v) is 7.98. The average molecular weight is 461 g/mol. The minimum absolute atomic E-state index is 0.212. The maximum absolute atomic E-state index is 12.5. The summed E-state index contributed by atoms with van der Waals surface area (Å²) in [6.45, 7) is 7.39. The number of hydrogen-bond acceptors (Lipinski definition) is 9. The molecular formula is C23H27NO9. The molecule has 1 aliphatic rings. The first-order chi connectivity index (χ1) is 15.5. The summed E-state index contributed by atoms with van der Waals surface area (Å²) < 4.78 is 28.9. The molecule has 5 atom stereocenters. The third-order valence-corrected chi connectivity index (χ3v) is 5.39. The molecule has 0 radical (unpaired) electrons. The zero-order chi connectivity index (χ0) is 24.4. The van der Waals surface area contributed by atoms with Crippen molar-refractivity contribution in [1.29, 1.82) is 0 Å². The van der Waals surface area contributed by atoms with E-state index < -0.39 is 48.4 Å². The summed E-state index contributed by atoms with van der Waals surface area (Å²) in [7, 11) is 1.16. The minimum atomic E-state index is -1.40. The molecule has 1 aliphatic heterocycles. The Kier molecular flexibility index (Phi) is 7.06. The molecule has 3 rings (SSSR count). The number of fused-ring (bicyclic) bond motifs is 1. The summed E-state index contributed by atoms with van der Waals surface area (Å²) in [5, 5.41) is 0.668. The topological polar surface area (TPSA) is 119 Å². The standard InChI is InChI=1S/C23H27NO9/c1-11-7-8-17-16(9-11)18(10-24(17)13(3)25)32-23-12(2)19(30-14(4)26)20(31-15(5)27)21(33-23)22(28)29-6/h7-10,12,19-21,23H,1-6H3/t12-,19-,20+,21+,23-/m1/s1. The van der Waals surface area contributed by atoms with Gasteiger partial charge in [0, 0.05) is 26.2 Å². The number of esters is 3. The molecule has 1 saturated heterocycles. The number of hydrogen-bond donors (Lipinski definition) is 0. The predicted molar refractivity (Wildman–Crippen MR) is 115 cm³/mol. The van der Waals surface area contributed by atoms with Gasteiger partial charge in [-0.25, -0.2) is 4.79 Å². The van der Waals surface area contributed by atoms with E-state index in [0.717, 1.165) is 12.7 Å². The van der Waals surface area contributed by atoms with Crippen molar-refractivity contribution >= 4 is 34.7 Å². The Morgan fingerprint density at radius 3 is 2.21 bits per heavy atom. The summed E-state index contributed by atoms with van der Waals surface area (Å²) in [6.07, 6.45) is -3.22. The van der Waals surface area contributed by atoms with Gasteiger partial charge in [-0.1, -0.05) is 18.6 Å². The van der Waals surface area contributed by atoms with Gasteiger partial charge in [-0.05, 0) is 19.1 Å². The van der Waals surface area contributed by atoms with Gasteiger partial charge in [-0.15, -0.1) is 0 Å². The van der Waals surface area contributed by atoms with Crippen LogP contribution in [0.25, 0.3) is 10.9 Å². The molecule has 0 amide bonds. The first-order valence-electron chi connectivity index (χ1n) is 10.4. The van der Waals surface area contributed by atoms with Gasteiger partial charge in [0.25, 0.3) is 0 Å². The van der Waals surface area contributed by atoms with E-state index in [1.165, 1.54) is 31.5 Å². The van der Waals surface area contributed by atoms with Gasteiger partial charge in [0.2, 0.25) is 12.2 Å². The van der Waals surface area contributed by atoms with Gasteiger partial charge in [0.15, 0.2) is 18.3 Å². The molecule has 0 bridgehead atoms. The van der Waals surface area contributed by atoms with Crippen molar-refractivity contribution in [3.63, 3.8) is 0 Å². The molecule has 10 nitrogen and oxygen atoms in total. The number of carbonyl (C=O) groups is 4. The van der Waals surface area contributed by atoms with Crippen molar-refractivity contribution in [3.8, 4) is 5.75 Å². The van der Waals surface area contributed by atoms with Crippen LogP contribution in [0.5, 0.6) is 5.75 Å². The van der Waals surface area contributed by atoms with Crippen molar-refractivity contribution in [2.24, 2.45) is 5.92 Å². The second kappa shape index (κ2) is 9.62. The Hall–Kier alpha value is -3.40. The lowest BCUT2D eigenvalue weighted by Gasteiger charge is -2.42. The molecule has 1 aromatic carbocycles. The van der Waals surface area contributed by atoms with Crippen LogP contribution in [0.1, 0.15) is 38.1 Å². The van der Waals surface area contributed by atoms with Crippen molar-refractivity contribution in [2.45, 2.75) is 59.2 Å². The Morgan fingerprint density at radius 2 is 1.64 bits per heavy atom. The molecular weight excluding hydrogens is 434 g/mol. The number of nitrogens with zero attached hydrogens (tertiary/aromatic N) is 1. The van der Waals surface area contributed by atoms with E-state index in [1.54, 1.807) is 13.0 Å². The average Bonchev–Trinajstić information content (AvgIpc) is 3.09. The van der Waals surface area contributed by atoms with Crippen molar-refractivity contribution in [1.82, 2.24) is 4.57 Å². The van der Waals surface area contributed by atoms with Crippen LogP contribution >= 0.6 is 0 Å². The molecule has 1 aromatic heterocycles. The molecule has 0 spiro atoms. The number of methoxy groups -OCH3 is 1. The summed E-state index contributed by atoms with van der Waals surface area (Å²) in [5.74, 6) is -2.65. The van der Waals surface area contributed by atoms with Crippen LogP contribution in [0.3, 0.4) is 0 Å². The van der Waals surface area contributed by atoms with Crippen LogP contribution in [0.2, 0.25) is 0 Å². The smallest absolute Gasteiger partial charge is 0.339 e. The molecule has 178 valence electrons. The van der Waals surface area contributed by atoms with Crippen molar-refractivity contribution < 1.29 is 42.9 Å². The molecule has 1 fully saturated rings. The zero-order valence-electron chi connectivity index (χ0n) is 19.3. The van der Waals surface area contributed by atoms with Gasteiger partial charge in [-0.2, -0.15) is 0 Å². The number of benzene rings is 1. The van der Waals surface area contributed by atoms with Crippen molar-refractivity contribution in [3.05, 3.63) is 30.0 Å². The Labute approximate surface area is 190 Å². The Morgan fingerprint density at radius 1 is 1.00 bits per heavy atom. The summed E-state index contributed by atoms with van der Waals surface area (Å²) in [6, 6.07) is 5.54. The molecule has 0 unspecified atom stereocenters. The van der Waals surface area contributed by atoms with E-state index in [0.29, 0.717) is 16.7 Å². The fourth-order valence-corrected chi connectivity index (χ4v) is 3.89. The van der Waals surface area contributed by atoms with Crippen LogP contribution in [0.15, 0.2) is 24.4 Å². The van der Waals surface area contributed by atoms with Crippen LogP contribution < -0.4 is 4.74 Å². The molecule has 33 heavy (non-hydrogen) atoms. The van der Waals surface area contributed by atoms with E-state index in [-0.39, 0.29) is 5.91 Å². The summed E-state index contributed by atoms with van der Waals surface area (Å²) in [5.41, 5.74) is 1.59. The predicted octanol–water partition coefficient (Wildman–Crippen LogP) is 2.39. The lowest BCUT2D eigenvalue weighted by molar-refractivity contribution is -0.261. The lowest BCUT2D eigenvalue weighted by Crippen LogP contribution is -2.60. The quantitative estimate of drug-likeness (QED) is 0.488. The van der Waals surface area contributed by atoms with Gasteiger partial charge in [0.1, 0.15) is 5.75 Å². The third-order valence-electron chi connectivity index (χ3n) is 5.39. The maximum atomic E-state index is 12.5. The number of carbonyl (C=O) groups excluding carboxylic acids is 4. The van der Waals surface area contributed by atoms with Gasteiger partial charge in [0.05, 0.1) is 24.7 Å². The molecule has 0 saturated carbocycles. The molecule has 2 heterocycles. The van der Waals surface area contributed by atoms with E-state index in [1.807, 2.05) is 19.1 Å². The third kappa shape index (κ3) is 5.00. The number of ether oxygens (including phenoxy) is 5. The van der Waals surface area contributed by atoms with E-state index in [2.05, 4.69) is 0 Å². The monoisotopic (exact) mass is 461 g/mol. The molecule has 10 heteroatoms. The highest BCUT2D eigenvalue weighted by atomic mass is 16.7. The fraction of sp³-hybridized carbons (Fsp3) is 0.478. The lowest BCUT2D eigenvalue weighted by atomic mass is 9.91. The van der Waals surface area contributed by atoms with E-state index in [9.17, 15) is 19.2 Å². The SMILES string of the molecule is COC(=O)[C@H]1O[C@@H](Oc2cn(C(C)=O)c3ccc(C)cc23)[C@H](C)[C@@H](OC(C)=O)[C@@H]1OC(C)=O. The summed E-state index contributed by atoms with van der Waals surface area (Å²) in [4.78, 5) is 48.1. The fourth-order valence-electron chi connectivity index (χ4n) is 3.89. The second-order valence-electron chi connectivity index (χ2n) is 7.98. The highest BCUT2D eigenvalue weighted by molar-refractivity contribution is 5.95. The van der Waals surface area contributed by atoms with Gasteiger partial charge >= 0.3 is 17.9 Å². The van der Waals surface area contributed by atoms with E-state index >= 15 is 0 Å². The molecule has 0 N–H and O–H groups in total. The first-order valence-corrected chi connectivity index (χ1v) is 10.4. The highest BCUT2D eigenvalue weighted by Gasteiger charge is 2.52. The van der Waals surface area contributed by atoms with Crippen LogP contribution in [-0.2, 0) is 33.3 Å². The number of aryl methyl sites for hydroxylation is 1. The van der Waals surface area contributed by atoms with Crippen LogP contribution in [-0.4, -0.2) is 60.1 Å². The largest absolute Gasteiger partial charge is 0.467 e. The molecule has 0 aliphatic carbocycles. The number of rotatable bonds is 5. The maximum Gasteiger partial charge on any atom is 0.339 e. The minimum Gasteiger partial charge on any atom is -0.467 e. The van der Waals surface area contributed by atoms with Gasteiger partial charge in [-0.3, -0.25) is 19.0 Å². The Bertz CT molecular complexity index is 1090. The molecule has 2 aromatic rings. The van der Waals surface area contributed by atoms with Crippen LogP contribution in [0.4, 0.5) is 0 Å². The first kappa shape index (κ1) is 24.2. The Balaban J connectivity index is 2.03. The highest BCUT2D eigenvalue weighted by Crippen LogP contribution is 2.36.